The molecule has 4 heteroatoms. The van der Waals surface area contributed by atoms with E-state index in [0.29, 0.717) is 18.0 Å². The van der Waals surface area contributed by atoms with Gasteiger partial charge in [-0.15, -0.1) is 0 Å². The predicted molar refractivity (Wildman–Crippen MR) is 70.1 cm³/mol. The van der Waals surface area contributed by atoms with Gasteiger partial charge in [0.15, 0.2) is 0 Å². The molecule has 2 atom stereocenters. The van der Waals surface area contributed by atoms with Gasteiger partial charge < -0.3 is 10.6 Å². The van der Waals surface area contributed by atoms with Crippen LogP contribution in [0, 0.1) is 0 Å². The van der Waals surface area contributed by atoms with Gasteiger partial charge in [0, 0.05) is 30.4 Å². The van der Waals surface area contributed by atoms with Gasteiger partial charge in [0.2, 0.25) is 0 Å². The number of hydrogen-bond donors (Lipinski definition) is 1. The molecule has 0 aromatic carbocycles. The molecule has 1 aliphatic heterocycles. The van der Waals surface area contributed by atoms with Crippen molar-refractivity contribution in [3.05, 3.63) is 18.1 Å². The van der Waals surface area contributed by atoms with Crippen LogP contribution in [0.4, 0.5) is 5.82 Å². The number of anilines is 1. The zero-order valence-electron chi connectivity index (χ0n) is 10.9. The zero-order valence-corrected chi connectivity index (χ0v) is 10.9. The Bertz CT molecular complexity index is 377. The molecule has 0 aliphatic carbocycles. The molecule has 2 unspecified atom stereocenters. The first kappa shape index (κ1) is 12.3. The standard InChI is InChI=1S/C13H22N4/c1-9(2)12-7-13(16-8-15-12)17-5-4-11(14)6-10(17)3/h7-11H,4-6,14H2,1-3H3. The van der Waals surface area contributed by atoms with E-state index in [2.05, 4.69) is 41.7 Å². The second-order valence-electron chi connectivity index (χ2n) is 5.28. The minimum Gasteiger partial charge on any atom is -0.354 e. The summed E-state index contributed by atoms with van der Waals surface area (Å²) < 4.78 is 0. The van der Waals surface area contributed by atoms with Crippen LogP contribution in [0.25, 0.3) is 0 Å². The number of hydrogen-bond acceptors (Lipinski definition) is 4. The molecular weight excluding hydrogens is 212 g/mol. The Morgan fingerprint density at radius 3 is 2.82 bits per heavy atom. The van der Waals surface area contributed by atoms with Crippen molar-refractivity contribution in [2.45, 2.75) is 51.6 Å². The van der Waals surface area contributed by atoms with Gasteiger partial charge in [-0.2, -0.15) is 0 Å². The zero-order chi connectivity index (χ0) is 12.4. The highest BCUT2D eigenvalue weighted by atomic mass is 15.2. The molecule has 4 nitrogen and oxygen atoms in total. The molecule has 2 heterocycles. The summed E-state index contributed by atoms with van der Waals surface area (Å²) in [5.74, 6) is 1.49. The van der Waals surface area contributed by atoms with Crippen LogP contribution < -0.4 is 10.6 Å². The fraction of sp³-hybridized carbons (Fsp3) is 0.692. The third kappa shape index (κ3) is 2.75. The Labute approximate surface area is 103 Å². The van der Waals surface area contributed by atoms with Gasteiger partial charge >= 0.3 is 0 Å². The molecule has 1 aromatic rings. The number of aromatic nitrogens is 2. The average Bonchev–Trinajstić information content (AvgIpc) is 2.29. The summed E-state index contributed by atoms with van der Waals surface area (Å²) in [6.07, 6.45) is 3.76. The van der Waals surface area contributed by atoms with E-state index in [9.17, 15) is 0 Å². The third-order valence-electron chi connectivity index (χ3n) is 3.48. The van der Waals surface area contributed by atoms with Crippen molar-refractivity contribution in [1.29, 1.82) is 0 Å². The molecule has 2 N–H and O–H groups in total. The van der Waals surface area contributed by atoms with E-state index in [1.165, 1.54) is 0 Å². The first-order valence-corrected chi connectivity index (χ1v) is 6.42. The van der Waals surface area contributed by atoms with Gasteiger partial charge in [-0.05, 0) is 25.7 Å². The Kier molecular flexibility index (Phi) is 3.62. The summed E-state index contributed by atoms with van der Waals surface area (Å²) in [6.45, 7) is 7.52. The summed E-state index contributed by atoms with van der Waals surface area (Å²) in [5, 5.41) is 0. The van der Waals surface area contributed by atoms with E-state index in [4.69, 9.17) is 5.73 Å². The highest BCUT2D eigenvalue weighted by Gasteiger charge is 2.24. The molecule has 0 radical (unpaired) electrons. The maximum atomic E-state index is 5.98. The monoisotopic (exact) mass is 234 g/mol. The van der Waals surface area contributed by atoms with Crippen LogP contribution in [-0.4, -0.2) is 28.6 Å². The lowest BCUT2D eigenvalue weighted by atomic mass is 9.99. The van der Waals surface area contributed by atoms with Crippen LogP contribution in [-0.2, 0) is 0 Å². The fourth-order valence-corrected chi connectivity index (χ4v) is 2.38. The molecule has 1 saturated heterocycles. The predicted octanol–water partition coefficient (Wildman–Crippen LogP) is 1.92. The number of nitrogens with zero attached hydrogens (tertiary/aromatic N) is 3. The highest BCUT2D eigenvalue weighted by molar-refractivity contribution is 5.41. The maximum Gasteiger partial charge on any atom is 0.132 e. The van der Waals surface area contributed by atoms with E-state index in [1.54, 1.807) is 6.33 Å². The minimum atomic E-state index is 0.340. The Hall–Kier alpha value is -1.16. The Balaban J connectivity index is 2.19. The smallest absolute Gasteiger partial charge is 0.132 e. The Morgan fingerprint density at radius 1 is 1.41 bits per heavy atom. The Morgan fingerprint density at radius 2 is 2.18 bits per heavy atom. The van der Waals surface area contributed by atoms with Gasteiger partial charge in [0.05, 0.1) is 0 Å². The van der Waals surface area contributed by atoms with Gasteiger partial charge in [-0.1, -0.05) is 13.8 Å². The summed E-state index contributed by atoms with van der Waals surface area (Å²) in [7, 11) is 0. The van der Waals surface area contributed by atoms with Crippen LogP contribution in [0.2, 0.25) is 0 Å². The van der Waals surface area contributed by atoms with E-state index >= 15 is 0 Å². The van der Waals surface area contributed by atoms with E-state index in [1.807, 2.05) is 0 Å². The molecular formula is C13H22N4. The highest BCUT2D eigenvalue weighted by Crippen LogP contribution is 2.24. The lowest BCUT2D eigenvalue weighted by molar-refractivity contribution is 0.427. The number of rotatable bonds is 2. The van der Waals surface area contributed by atoms with Crippen LogP contribution in [0.1, 0.15) is 45.2 Å². The third-order valence-corrected chi connectivity index (χ3v) is 3.48. The molecule has 0 spiro atoms. The quantitative estimate of drug-likeness (QED) is 0.849. The van der Waals surface area contributed by atoms with E-state index < -0.39 is 0 Å². The minimum absolute atomic E-state index is 0.340. The lowest BCUT2D eigenvalue weighted by Crippen LogP contribution is -2.46. The molecule has 1 aliphatic rings. The number of nitrogens with two attached hydrogens (primary N) is 1. The second-order valence-corrected chi connectivity index (χ2v) is 5.28. The molecule has 0 saturated carbocycles. The van der Waals surface area contributed by atoms with E-state index in [0.717, 1.165) is 30.9 Å². The molecule has 17 heavy (non-hydrogen) atoms. The normalized spacial score (nSPS) is 25.4. The molecule has 1 fully saturated rings. The first-order valence-electron chi connectivity index (χ1n) is 6.42. The van der Waals surface area contributed by atoms with Crippen molar-refractivity contribution >= 4 is 5.82 Å². The fourth-order valence-electron chi connectivity index (χ4n) is 2.38. The van der Waals surface area contributed by atoms with Crippen LogP contribution in [0.3, 0.4) is 0 Å². The van der Waals surface area contributed by atoms with Crippen molar-refractivity contribution in [2.24, 2.45) is 5.73 Å². The first-order chi connectivity index (χ1) is 8.08. The number of piperidine rings is 1. The summed E-state index contributed by atoms with van der Waals surface area (Å²) in [6, 6.07) is 2.92. The van der Waals surface area contributed by atoms with Gasteiger partial charge in [-0.25, -0.2) is 9.97 Å². The van der Waals surface area contributed by atoms with Crippen molar-refractivity contribution in [3.8, 4) is 0 Å². The summed E-state index contributed by atoms with van der Waals surface area (Å²) in [4.78, 5) is 11.1. The van der Waals surface area contributed by atoms with E-state index in [-0.39, 0.29) is 0 Å². The molecule has 0 amide bonds. The molecule has 2 rings (SSSR count). The topological polar surface area (TPSA) is 55.0 Å². The van der Waals surface area contributed by atoms with Gasteiger partial charge in [-0.3, -0.25) is 0 Å². The SMILES string of the molecule is CC(C)c1cc(N2CCC(N)CC2C)ncn1. The average molecular weight is 234 g/mol. The van der Waals surface area contributed by atoms with Gasteiger partial charge in [0.25, 0.3) is 0 Å². The molecule has 94 valence electrons. The van der Waals surface area contributed by atoms with Crippen LogP contribution in [0.15, 0.2) is 12.4 Å². The lowest BCUT2D eigenvalue weighted by Gasteiger charge is -2.37. The largest absolute Gasteiger partial charge is 0.354 e. The van der Waals surface area contributed by atoms with Crippen molar-refractivity contribution < 1.29 is 0 Å². The maximum absolute atomic E-state index is 5.98. The van der Waals surface area contributed by atoms with Gasteiger partial charge in [0.1, 0.15) is 12.1 Å². The second kappa shape index (κ2) is 5.00. The van der Waals surface area contributed by atoms with Crippen LogP contribution in [0.5, 0.6) is 0 Å². The molecule has 0 bridgehead atoms. The van der Waals surface area contributed by atoms with Crippen LogP contribution >= 0.6 is 0 Å². The molecule has 1 aromatic heterocycles. The summed E-state index contributed by atoms with van der Waals surface area (Å²) >= 11 is 0. The van der Waals surface area contributed by atoms with Crippen molar-refractivity contribution in [1.82, 2.24) is 9.97 Å². The van der Waals surface area contributed by atoms with Crippen molar-refractivity contribution in [3.63, 3.8) is 0 Å². The van der Waals surface area contributed by atoms with Crippen molar-refractivity contribution in [2.75, 3.05) is 11.4 Å². The summed E-state index contributed by atoms with van der Waals surface area (Å²) in [5.41, 5.74) is 7.09.